The maximum atomic E-state index is 10.6. The molecule has 0 fully saturated rings. The molecular weight excluding hydrogens is 624 g/mol. The van der Waals surface area contributed by atoms with Crippen molar-refractivity contribution in [1.82, 2.24) is 59.8 Å². The molecule has 6 aromatic heterocycles. The minimum atomic E-state index is -0.475. The molecule has 6 aromatic rings. The van der Waals surface area contributed by atoms with Crippen molar-refractivity contribution in [3.05, 3.63) is 169 Å². The third kappa shape index (κ3) is 19.3. The average molecular weight is 653 g/mol. The second-order valence-corrected chi connectivity index (χ2v) is 7.91. The van der Waals surface area contributed by atoms with Crippen molar-refractivity contribution in [2.24, 2.45) is 0 Å². The molecule has 0 aliphatic heterocycles. The zero-order valence-corrected chi connectivity index (χ0v) is 24.2. The molecule has 246 valence electrons. The summed E-state index contributed by atoms with van der Waals surface area (Å²) < 4.78 is 0. The number of nitrogen functional groups attached to an aromatic ring is 2. The molecule has 0 aliphatic rings. The van der Waals surface area contributed by atoms with Crippen LogP contribution in [0.5, 0.6) is 0 Å². The standard InChI is InChI=1S/C5H6N2O2.2C4H5N3O.2C4H4N2O2.C4H4N2/c1-3-2-6-5(9)7-4(3)8;2*5-3-1-2-6-4(8)7-3;2*7-3-1-2-5-4(8)6-3;1-2-5-4-6-3-1/h2H,1H3,(H2,6,7,8,9);2*1-2H,(H3,5,6,7,8);2*1-2H,(H2,5,6,7,8);1-4H. The molecule has 0 unspecified atom stereocenters. The first-order valence-corrected chi connectivity index (χ1v) is 12.5. The number of nitrogens with one attached hydrogen (secondary N) is 8. The SMILES string of the molecule is Cc1c[nH]c(=O)[nH]c1=O.Nc1ccnc(=O)[nH]1.Nc1ccnc(=O)[nH]1.O=c1cc[nH]c(=O)[nH]1.O=c1cc[nH]c(=O)[nH]1.c1cncnc1. The van der Waals surface area contributed by atoms with Crippen molar-refractivity contribution < 1.29 is 0 Å². The van der Waals surface area contributed by atoms with Crippen LogP contribution < -0.4 is 56.6 Å². The number of H-pyrrole nitrogens is 8. The zero-order chi connectivity index (χ0) is 35.0. The number of rotatable bonds is 0. The van der Waals surface area contributed by atoms with Gasteiger partial charge in [0.05, 0.1) is 0 Å². The summed E-state index contributed by atoms with van der Waals surface area (Å²) in [5.41, 5.74) is 7.50. The first kappa shape index (κ1) is 37.5. The van der Waals surface area contributed by atoms with Crippen LogP contribution in [0.3, 0.4) is 0 Å². The summed E-state index contributed by atoms with van der Waals surface area (Å²) in [4.78, 5) is 114. The van der Waals surface area contributed by atoms with Gasteiger partial charge in [0.15, 0.2) is 0 Å². The summed E-state index contributed by atoms with van der Waals surface area (Å²) in [6.07, 6.45) is 11.5. The molecular formula is C25H28N14O8. The van der Waals surface area contributed by atoms with Crippen molar-refractivity contribution in [3.8, 4) is 0 Å². The second kappa shape index (κ2) is 21.2. The predicted octanol–water partition coefficient (Wildman–Crippen LogP) is -3.32. The highest BCUT2D eigenvalue weighted by atomic mass is 16.2. The smallest absolute Gasteiger partial charge is 0.346 e. The topological polar surface area (TPSA) is 366 Å². The average Bonchev–Trinajstić information content (AvgIpc) is 3.01. The summed E-state index contributed by atoms with van der Waals surface area (Å²) in [5.74, 6) is 0.676. The fourth-order valence-corrected chi connectivity index (χ4v) is 2.26. The van der Waals surface area contributed by atoms with E-state index in [0.29, 0.717) is 17.2 Å². The van der Waals surface area contributed by atoms with Gasteiger partial charge in [-0.3, -0.25) is 39.3 Å². The van der Waals surface area contributed by atoms with Crippen LogP contribution in [0.2, 0.25) is 0 Å². The largest absolute Gasteiger partial charge is 0.385 e. The van der Waals surface area contributed by atoms with Gasteiger partial charge >= 0.3 is 28.4 Å². The molecule has 0 spiro atoms. The highest BCUT2D eigenvalue weighted by molar-refractivity contribution is 5.23. The second-order valence-electron chi connectivity index (χ2n) is 7.91. The van der Waals surface area contributed by atoms with E-state index >= 15 is 0 Å². The number of aromatic amines is 8. The van der Waals surface area contributed by atoms with Gasteiger partial charge in [-0.2, -0.15) is 0 Å². The fourth-order valence-electron chi connectivity index (χ4n) is 2.26. The van der Waals surface area contributed by atoms with Gasteiger partial charge in [-0.05, 0) is 25.1 Å². The van der Waals surface area contributed by atoms with Gasteiger partial charge in [0.1, 0.15) is 18.0 Å². The Bertz CT molecular complexity index is 2040. The van der Waals surface area contributed by atoms with E-state index in [1.807, 2.05) is 9.97 Å². The number of aryl methyl sites for hydroxylation is 1. The van der Waals surface area contributed by atoms with Crippen LogP contribution in [0.1, 0.15) is 5.56 Å². The molecule has 6 heterocycles. The van der Waals surface area contributed by atoms with Gasteiger partial charge < -0.3 is 26.4 Å². The third-order valence-electron chi connectivity index (χ3n) is 4.25. The van der Waals surface area contributed by atoms with Crippen LogP contribution in [-0.2, 0) is 0 Å². The summed E-state index contributed by atoms with van der Waals surface area (Å²) in [5, 5.41) is 0. The van der Waals surface area contributed by atoms with Gasteiger partial charge in [-0.1, -0.05) is 0 Å². The molecule has 22 nitrogen and oxygen atoms in total. The lowest BCUT2D eigenvalue weighted by atomic mass is 10.4. The molecule has 0 aliphatic carbocycles. The maximum Gasteiger partial charge on any atom is 0.346 e. The summed E-state index contributed by atoms with van der Waals surface area (Å²) in [6.45, 7) is 1.62. The number of hydrogen-bond donors (Lipinski definition) is 10. The zero-order valence-electron chi connectivity index (χ0n) is 24.2. The lowest BCUT2D eigenvalue weighted by molar-refractivity contribution is 1.01. The number of nitrogens with zero attached hydrogens (tertiary/aromatic N) is 4. The molecule has 0 atom stereocenters. The molecule has 6 rings (SSSR count). The molecule has 0 radical (unpaired) electrons. The Morgan fingerprint density at radius 3 is 1.23 bits per heavy atom. The van der Waals surface area contributed by atoms with Crippen molar-refractivity contribution in [3.63, 3.8) is 0 Å². The lowest BCUT2D eigenvalue weighted by Gasteiger charge is -1.84. The maximum absolute atomic E-state index is 10.6. The van der Waals surface area contributed by atoms with Crippen LogP contribution in [-0.4, -0.2) is 59.8 Å². The minimum absolute atomic E-state index is 0.334. The van der Waals surface area contributed by atoms with Crippen molar-refractivity contribution in [1.29, 1.82) is 0 Å². The van der Waals surface area contributed by atoms with Crippen molar-refractivity contribution >= 4 is 11.6 Å². The van der Waals surface area contributed by atoms with Crippen molar-refractivity contribution in [2.75, 3.05) is 11.5 Å². The van der Waals surface area contributed by atoms with Gasteiger partial charge in [-0.25, -0.2) is 43.9 Å². The molecule has 12 N–H and O–H groups in total. The van der Waals surface area contributed by atoms with E-state index in [4.69, 9.17) is 11.5 Å². The number of aromatic nitrogens is 12. The van der Waals surface area contributed by atoms with E-state index in [9.17, 15) is 38.4 Å². The number of anilines is 2. The van der Waals surface area contributed by atoms with Gasteiger partial charge in [0.2, 0.25) is 0 Å². The van der Waals surface area contributed by atoms with Crippen molar-refractivity contribution in [2.45, 2.75) is 6.92 Å². The van der Waals surface area contributed by atoms with Crippen LogP contribution in [0, 0.1) is 6.92 Å². The predicted molar refractivity (Wildman–Crippen MR) is 168 cm³/mol. The Kier molecular flexibility index (Phi) is 16.9. The Labute approximate surface area is 259 Å². The van der Waals surface area contributed by atoms with E-state index in [0.717, 1.165) is 0 Å². The van der Waals surface area contributed by atoms with Crippen LogP contribution in [0.15, 0.2) is 118 Å². The van der Waals surface area contributed by atoms with E-state index in [-0.39, 0.29) is 16.7 Å². The minimum Gasteiger partial charge on any atom is -0.385 e. The van der Waals surface area contributed by atoms with Gasteiger partial charge in [0, 0.05) is 61.1 Å². The third-order valence-corrected chi connectivity index (χ3v) is 4.25. The molecule has 47 heavy (non-hydrogen) atoms. The van der Waals surface area contributed by atoms with E-state index in [1.54, 1.807) is 25.4 Å². The monoisotopic (exact) mass is 652 g/mol. The molecule has 0 saturated heterocycles. The van der Waals surface area contributed by atoms with Crippen LogP contribution >= 0.6 is 0 Å². The summed E-state index contributed by atoms with van der Waals surface area (Å²) in [6, 6.07) is 7.28. The van der Waals surface area contributed by atoms with Gasteiger partial charge in [0.25, 0.3) is 16.7 Å². The molecule has 0 saturated carbocycles. The summed E-state index contributed by atoms with van der Waals surface area (Å²) >= 11 is 0. The Balaban J connectivity index is 0.000000283. The number of nitrogens with two attached hydrogens (primary N) is 2. The number of hydrogen-bond acceptors (Lipinski definition) is 14. The Hall–Kier alpha value is -7.52. The first-order valence-electron chi connectivity index (χ1n) is 12.5. The normalized spacial score (nSPS) is 8.96. The fraction of sp³-hybridized carbons (Fsp3) is 0.0400. The lowest BCUT2D eigenvalue weighted by Crippen LogP contribution is -2.22. The Morgan fingerprint density at radius 1 is 0.553 bits per heavy atom. The summed E-state index contributed by atoms with van der Waals surface area (Å²) in [7, 11) is 0. The molecule has 22 heteroatoms. The molecule has 0 aromatic carbocycles. The highest BCUT2D eigenvalue weighted by Gasteiger charge is 1.89. The van der Waals surface area contributed by atoms with Crippen LogP contribution in [0.4, 0.5) is 11.6 Å². The van der Waals surface area contributed by atoms with Crippen LogP contribution in [0.25, 0.3) is 0 Å². The quantitative estimate of drug-likeness (QED) is 0.0767. The van der Waals surface area contributed by atoms with E-state index in [1.165, 1.54) is 61.6 Å². The highest BCUT2D eigenvalue weighted by Crippen LogP contribution is 1.83. The molecule has 0 amide bonds. The molecule has 0 bridgehead atoms. The van der Waals surface area contributed by atoms with E-state index in [2.05, 4.69) is 49.8 Å². The van der Waals surface area contributed by atoms with Gasteiger partial charge in [-0.15, -0.1) is 0 Å². The first-order chi connectivity index (χ1) is 22.3. The Morgan fingerprint density at radius 2 is 1.00 bits per heavy atom. The van der Waals surface area contributed by atoms with E-state index < -0.39 is 28.4 Å².